The van der Waals surface area contributed by atoms with Gasteiger partial charge in [0.2, 0.25) is 0 Å². The van der Waals surface area contributed by atoms with Crippen LogP contribution in [0.1, 0.15) is 55.6 Å². The Labute approximate surface area is 251 Å². The summed E-state index contributed by atoms with van der Waals surface area (Å²) < 4.78 is 27.8. The molecule has 0 aliphatic heterocycles. The highest BCUT2D eigenvalue weighted by Gasteiger charge is 2.33. The summed E-state index contributed by atoms with van der Waals surface area (Å²) in [7, 11) is 3.16. The van der Waals surface area contributed by atoms with Gasteiger partial charge in [-0.1, -0.05) is 42.8 Å². The van der Waals surface area contributed by atoms with Gasteiger partial charge in [0.15, 0.2) is 11.5 Å². The molecule has 42 heavy (non-hydrogen) atoms. The van der Waals surface area contributed by atoms with Crippen molar-refractivity contribution in [3.63, 3.8) is 0 Å². The number of imide groups is 1. The molecule has 0 N–H and O–H groups in total. The van der Waals surface area contributed by atoms with Crippen molar-refractivity contribution in [2.45, 2.75) is 52.9 Å². The zero-order valence-electron chi connectivity index (χ0n) is 24.7. The van der Waals surface area contributed by atoms with E-state index in [2.05, 4.69) is 0 Å². The zero-order valence-corrected chi connectivity index (χ0v) is 25.4. The molecule has 0 fully saturated rings. The Hall–Kier alpha value is -4.24. The van der Waals surface area contributed by atoms with E-state index in [1.54, 1.807) is 54.0 Å². The lowest BCUT2D eigenvalue weighted by Crippen LogP contribution is -2.44. The monoisotopic (exact) mass is 597 g/mol. The van der Waals surface area contributed by atoms with Crippen LogP contribution < -0.4 is 18.9 Å². The highest BCUT2D eigenvalue weighted by Crippen LogP contribution is 2.39. The molecule has 224 valence electrons. The number of nitrogens with zero attached hydrogens (tertiary/aromatic N) is 1. The number of halogens is 1. The number of methoxy groups -OCH3 is 2. The maximum absolute atomic E-state index is 13.4. The number of carbonyl (C=O) groups excluding carboxylic acids is 3. The minimum atomic E-state index is -1.05. The van der Waals surface area contributed by atoms with Crippen molar-refractivity contribution in [2.75, 3.05) is 20.8 Å². The number of hydrogen-bond donors (Lipinski definition) is 0. The third kappa shape index (κ3) is 8.63. The molecule has 10 heteroatoms. The van der Waals surface area contributed by atoms with Gasteiger partial charge < -0.3 is 23.7 Å². The predicted molar refractivity (Wildman–Crippen MR) is 159 cm³/mol. The van der Waals surface area contributed by atoms with Crippen LogP contribution in [0.3, 0.4) is 0 Å². The lowest BCUT2D eigenvalue weighted by molar-refractivity contribution is -0.125. The number of hydrogen-bond acceptors (Lipinski definition) is 8. The molecule has 0 unspecified atom stereocenters. The van der Waals surface area contributed by atoms with Crippen LogP contribution in [0.25, 0.3) is 0 Å². The van der Waals surface area contributed by atoms with E-state index in [1.807, 2.05) is 36.4 Å². The summed E-state index contributed by atoms with van der Waals surface area (Å²) in [5.74, 6) is -0.282. The Morgan fingerprint density at radius 2 is 1.31 bits per heavy atom. The van der Waals surface area contributed by atoms with Gasteiger partial charge >= 0.3 is 12.0 Å². The van der Waals surface area contributed by atoms with E-state index in [1.165, 1.54) is 12.1 Å². The van der Waals surface area contributed by atoms with Crippen molar-refractivity contribution in [1.82, 2.24) is 4.90 Å². The zero-order chi connectivity index (χ0) is 30.9. The molecule has 0 atom stereocenters. The lowest BCUT2D eigenvalue weighted by atomic mass is 10.1. The number of benzene rings is 3. The Balaban J connectivity index is 1.92. The average Bonchev–Trinajstić information content (AvgIpc) is 2.97. The Kier molecular flexibility index (Phi) is 11.2. The third-order valence-electron chi connectivity index (χ3n) is 5.90. The largest absolute Gasteiger partial charge is 0.497 e. The minimum absolute atomic E-state index is 0.000981. The van der Waals surface area contributed by atoms with E-state index in [0.717, 1.165) is 16.0 Å². The van der Waals surface area contributed by atoms with Gasteiger partial charge in [0.1, 0.15) is 30.3 Å². The molecule has 3 aromatic rings. The quantitative estimate of drug-likeness (QED) is 0.165. The van der Waals surface area contributed by atoms with Crippen molar-refractivity contribution in [3.05, 3.63) is 82.4 Å². The fourth-order valence-corrected chi connectivity index (χ4v) is 4.07. The molecule has 0 aromatic heterocycles. The Bertz CT molecular complexity index is 1380. The van der Waals surface area contributed by atoms with E-state index in [0.29, 0.717) is 17.9 Å². The van der Waals surface area contributed by atoms with Crippen molar-refractivity contribution in [2.24, 2.45) is 0 Å². The van der Waals surface area contributed by atoms with Gasteiger partial charge in [-0.25, -0.2) is 9.69 Å². The second-order valence-corrected chi connectivity index (χ2v) is 10.7. The van der Waals surface area contributed by atoms with Gasteiger partial charge in [0, 0.05) is 6.54 Å². The van der Waals surface area contributed by atoms with Crippen molar-refractivity contribution >= 4 is 29.4 Å². The molecule has 2 amide bonds. The van der Waals surface area contributed by atoms with Crippen LogP contribution in [0.4, 0.5) is 4.79 Å². The molecule has 0 spiro atoms. The van der Waals surface area contributed by atoms with Gasteiger partial charge in [-0.3, -0.25) is 9.59 Å². The van der Waals surface area contributed by atoms with E-state index in [4.69, 9.17) is 35.3 Å². The first kappa shape index (κ1) is 32.3. The first-order chi connectivity index (χ1) is 20.0. The molecular weight excluding hydrogens is 562 g/mol. The molecule has 0 aliphatic rings. The number of Topliss-reactive ketones (excluding diaryl/α,β-unsaturated/α-hetero) is 1. The predicted octanol–water partition coefficient (Wildman–Crippen LogP) is 6.87. The van der Waals surface area contributed by atoms with Gasteiger partial charge in [-0.05, 0) is 74.7 Å². The second kappa shape index (κ2) is 14.6. The summed E-state index contributed by atoms with van der Waals surface area (Å²) in [6.45, 7) is 7.07. The summed E-state index contributed by atoms with van der Waals surface area (Å²) in [6, 6.07) is 17.5. The fourth-order valence-electron chi connectivity index (χ4n) is 3.78. The molecule has 9 nitrogen and oxygen atoms in total. The standard InChI is InChI=1S/C32H36ClNO8/c1-7-18-34(31(37)42-32(2,3)4)30(36)28(35)25-16-17-26(40-19-21-8-12-23(38-5)13-9-21)29(27(25)33)41-20-22-10-14-24(39-6)15-11-22/h8-17H,7,18-20H2,1-6H3. The lowest BCUT2D eigenvalue weighted by Gasteiger charge is -2.25. The number of amides is 2. The van der Waals surface area contributed by atoms with E-state index < -0.39 is 23.4 Å². The molecule has 0 saturated carbocycles. The maximum Gasteiger partial charge on any atom is 0.417 e. The molecule has 0 bridgehead atoms. The van der Waals surface area contributed by atoms with Gasteiger partial charge in [-0.15, -0.1) is 0 Å². The topological polar surface area (TPSA) is 101 Å². The first-order valence-electron chi connectivity index (χ1n) is 13.4. The van der Waals surface area contributed by atoms with Crippen LogP contribution in [0.5, 0.6) is 23.0 Å². The summed E-state index contributed by atoms with van der Waals surface area (Å²) in [5, 5.41) is -0.116. The highest BCUT2D eigenvalue weighted by molar-refractivity contribution is 6.48. The molecular formula is C32H36ClNO8. The van der Waals surface area contributed by atoms with Gasteiger partial charge in [0.05, 0.1) is 24.8 Å². The van der Waals surface area contributed by atoms with Crippen molar-refractivity contribution < 1.29 is 38.1 Å². The van der Waals surface area contributed by atoms with Gasteiger partial charge in [0.25, 0.3) is 5.78 Å². The molecule has 0 radical (unpaired) electrons. The van der Waals surface area contributed by atoms with E-state index >= 15 is 0 Å². The molecule has 0 aliphatic carbocycles. The van der Waals surface area contributed by atoms with E-state index in [9.17, 15) is 14.4 Å². The smallest absolute Gasteiger partial charge is 0.417 e. The highest BCUT2D eigenvalue weighted by atomic mass is 35.5. The summed E-state index contributed by atoms with van der Waals surface area (Å²) in [5.41, 5.74) is 0.679. The van der Waals surface area contributed by atoms with Crippen LogP contribution in [0.2, 0.25) is 5.02 Å². The third-order valence-corrected chi connectivity index (χ3v) is 6.28. The average molecular weight is 598 g/mol. The number of ether oxygens (including phenoxy) is 5. The van der Waals surface area contributed by atoms with Crippen LogP contribution in [0, 0.1) is 0 Å². The normalized spacial score (nSPS) is 10.9. The number of ketones is 1. The summed E-state index contributed by atoms with van der Waals surface area (Å²) in [4.78, 5) is 40.2. The molecule has 3 rings (SSSR count). The van der Waals surface area contributed by atoms with Gasteiger partial charge in [-0.2, -0.15) is 0 Å². The number of rotatable bonds is 12. The maximum atomic E-state index is 13.4. The minimum Gasteiger partial charge on any atom is -0.497 e. The van der Waals surface area contributed by atoms with Crippen LogP contribution >= 0.6 is 11.6 Å². The Morgan fingerprint density at radius 1 is 0.786 bits per heavy atom. The van der Waals surface area contributed by atoms with E-state index in [-0.39, 0.29) is 41.8 Å². The first-order valence-corrected chi connectivity index (χ1v) is 13.8. The van der Waals surface area contributed by atoms with Crippen LogP contribution in [-0.4, -0.2) is 49.0 Å². The SMILES string of the molecule is CCCN(C(=O)OC(C)(C)C)C(=O)C(=O)c1ccc(OCc2ccc(OC)cc2)c(OCc2ccc(OC)cc2)c1Cl. The summed E-state index contributed by atoms with van der Waals surface area (Å²) in [6.07, 6.45) is -0.477. The molecule has 3 aromatic carbocycles. The fraction of sp³-hybridized carbons (Fsp3) is 0.344. The second-order valence-electron chi connectivity index (χ2n) is 10.3. The van der Waals surface area contributed by atoms with Crippen molar-refractivity contribution in [1.29, 1.82) is 0 Å². The number of carbonyl (C=O) groups is 3. The van der Waals surface area contributed by atoms with Crippen LogP contribution in [-0.2, 0) is 22.7 Å². The van der Waals surface area contributed by atoms with Crippen molar-refractivity contribution in [3.8, 4) is 23.0 Å². The Morgan fingerprint density at radius 3 is 1.79 bits per heavy atom. The van der Waals surface area contributed by atoms with Crippen LogP contribution in [0.15, 0.2) is 60.7 Å². The molecule has 0 saturated heterocycles. The summed E-state index contributed by atoms with van der Waals surface area (Å²) >= 11 is 6.71. The molecule has 0 heterocycles.